The molecule has 20 heavy (non-hydrogen) atoms. The molecule has 3 N–H and O–H groups in total. The van der Waals surface area contributed by atoms with Gasteiger partial charge in [0, 0.05) is 17.6 Å². The van der Waals surface area contributed by atoms with E-state index in [0.29, 0.717) is 17.8 Å². The highest BCUT2D eigenvalue weighted by Gasteiger charge is 2.04. The Morgan fingerprint density at radius 2 is 1.80 bits per heavy atom. The minimum Gasteiger partial charge on any atom is -0.506 e. The van der Waals surface area contributed by atoms with Crippen LogP contribution in [0.1, 0.15) is 5.56 Å². The monoisotopic (exact) mass is 266 g/mol. The predicted octanol–water partition coefficient (Wildman–Crippen LogP) is 2.85. The van der Waals surface area contributed by atoms with E-state index < -0.39 is 0 Å². The van der Waals surface area contributed by atoms with Gasteiger partial charge in [0.2, 0.25) is 0 Å². The van der Waals surface area contributed by atoms with Gasteiger partial charge in [-0.2, -0.15) is 0 Å². The summed E-state index contributed by atoms with van der Waals surface area (Å²) in [6.07, 6.45) is 0. The van der Waals surface area contributed by atoms with Gasteiger partial charge in [-0.3, -0.25) is 4.79 Å². The molecule has 3 rings (SSSR count). The van der Waals surface area contributed by atoms with Crippen LogP contribution in [0.2, 0.25) is 0 Å². The van der Waals surface area contributed by atoms with Crippen LogP contribution >= 0.6 is 0 Å². The molecule has 1 heterocycles. The maximum Gasteiger partial charge on any atom is 0.253 e. The van der Waals surface area contributed by atoms with E-state index in [1.165, 1.54) is 0 Å². The maximum absolute atomic E-state index is 12.0. The molecule has 3 aromatic rings. The van der Waals surface area contributed by atoms with E-state index in [9.17, 15) is 9.90 Å². The molecule has 0 saturated carbocycles. The quantitative estimate of drug-likeness (QED) is 0.639. The molecule has 0 fully saturated rings. The van der Waals surface area contributed by atoms with Crippen LogP contribution in [-0.2, 0) is 6.54 Å². The number of phenolic OH excluding ortho intramolecular Hbond substituents is 1. The largest absolute Gasteiger partial charge is 0.506 e. The molecule has 1 aromatic heterocycles. The Hall–Kier alpha value is -2.75. The van der Waals surface area contributed by atoms with Gasteiger partial charge in [0.05, 0.1) is 5.69 Å². The first kappa shape index (κ1) is 12.3. The van der Waals surface area contributed by atoms with E-state index >= 15 is 0 Å². The fourth-order valence-electron chi connectivity index (χ4n) is 2.14. The maximum atomic E-state index is 12.0. The predicted molar refractivity (Wildman–Crippen MR) is 80.0 cm³/mol. The van der Waals surface area contributed by atoms with Gasteiger partial charge in [-0.15, -0.1) is 0 Å². The minimum absolute atomic E-state index is 0.119. The molecule has 4 nitrogen and oxygen atoms in total. The number of pyridine rings is 1. The average molecular weight is 266 g/mol. The van der Waals surface area contributed by atoms with E-state index in [2.05, 4.69) is 10.3 Å². The highest BCUT2D eigenvalue weighted by molar-refractivity contribution is 5.78. The first-order chi connectivity index (χ1) is 9.74. The first-order valence-corrected chi connectivity index (χ1v) is 6.37. The SMILES string of the molecule is O=c1[nH]c2ccccc2cc1CNc1ccccc1O. The van der Waals surface area contributed by atoms with E-state index in [-0.39, 0.29) is 11.3 Å². The van der Waals surface area contributed by atoms with Crippen LogP contribution < -0.4 is 10.9 Å². The molecule has 0 bridgehead atoms. The number of H-pyrrole nitrogens is 1. The van der Waals surface area contributed by atoms with E-state index in [1.54, 1.807) is 18.2 Å². The lowest BCUT2D eigenvalue weighted by Gasteiger charge is -2.08. The smallest absolute Gasteiger partial charge is 0.253 e. The van der Waals surface area contributed by atoms with Gasteiger partial charge in [0.1, 0.15) is 5.75 Å². The van der Waals surface area contributed by atoms with Crippen LogP contribution in [0, 0.1) is 0 Å². The molecular formula is C16H14N2O2. The Morgan fingerprint density at radius 1 is 1.05 bits per heavy atom. The van der Waals surface area contributed by atoms with Crippen LogP contribution in [0.5, 0.6) is 5.75 Å². The fourth-order valence-corrected chi connectivity index (χ4v) is 2.14. The Morgan fingerprint density at radius 3 is 2.65 bits per heavy atom. The summed E-state index contributed by atoms with van der Waals surface area (Å²) in [5, 5.41) is 13.7. The van der Waals surface area contributed by atoms with Gasteiger partial charge in [0.15, 0.2) is 0 Å². The highest BCUT2D eigenvalue weighted by Crippen LogP contribution is 2.22. The summed E-state index contributed by atoms with van der Waals surface area (Å²) >= 11 is 0. The molecule has 100 valence electrons. The summed E-state index contributed by atoms with van der Waals surface area (Å²) < 4.78 is 0. The van der Waals surface area contributed by atoms with Crippen LogP contribution in [0.15, 0.2) is 59.4 Å². The van der Waals surface area contributed by atoms with Crippen LogP contribution in [0.25, 0.3) is 10.9 Å². The normalized spacial score (nSPS) is 10.6. The van der Waals surface area contributed by atoms with Crippen molar-refractivity contribution in [1.82, 2.24) is 4.98 Å². The molecule has 0 radical (unpaired) electrons. The molecule has 0 aliphatic carbocycles. The highest BCUT2D eigenvalue weighted by atomic mass is 16.3. The fraction of sp³-hybridized carbons (Fsp3) is 0.0625. The van der Waals surface area contributed by atoms with Crippen molar-refractivity contribution in [3.8, 4) is 5.75 Å². The summed E-state index contributed by atoms with van der Waals surface area (Å²) in [5.74, 6) is 0.171. The Kier molecular flexibility index (Phi) is 3.13. The number of anilines is 1. The molecule has 4 heteroatoms. The second-order valence-corrected chi connectivity index (χ2v) is 4.58. The summed E-state index contributed by atoms with van der Waals surface area (Å²) in [6.45, 7) is 0.359. The number of fused-ring (bicyclic) bond motifs is 1. The Bertz CT molecular complexity index is 809. The number of hydrogen-bond donors (Lipinski definition) is 3. The third-order valence-electron chi connectivity index (χ3n) is 3.20. The Balaban J connectivity index is 1.89. The van der Waals surface area contributed by atoms with Gasteiger partial charge in [-0.05, 0) is 29.7 Å². The number of hydrogen-bond acceptors (Lipinski definition) is 3. The molecule has 0 unspecified atom stereocenters. The second kappa shape index (κ2) is 5.09. The Labute approximate surface area is 115 Å². The third kappa shape index (κ3) is 2.36. The number of benzene rings is 2. The zero-order chi connectivity index (χ0) is 13.9. The van der Waals surface area contributed by atoms with Crippen molar-refractivity contribution >= 4 is 16.6 Å². The number of aromatic amines is 1. The summed E-state index contributed by atoms with van der Waals surface area (Å²) in [4.78, 5) is 14.8. The number of para-hydroxylation sites is 3. The van der Waals surface area contributed by atoms with Crippen molar-refractivity contribution in [2.45, 2.75) is 6.54 Å². The van der Waals surface area contributed by atoms with Crippen molar-refractivity contribution in [3.05, 3.63) is 70.5 Å². The lowest BCUT2D eigenvalue weighted by molar-refractivity contribution is 0.477. The van der Waals surface area contributed by atoms with Crippen molar-refractivity contribution in [2.24, 2.45) is 0 Å². The van der Waals surface area contributed by atoms with Gasteiger partial charge in [-0.25, -0.2) is 0 Å². The first-order valence-electron chi connectivity index (χ1n) is 6.37. The van der Waals surface area contributed by atoms with Crippen molar-refractivity contribution in [3.63, 3.8) is 0 Å². The number of rotatable bonds is 3. The molecular weight excluding hydrogens is 252 g/mol. The van der Waals surface area contributed by atoms with Crippen molar-refractivity contribution in [2.75, 3.05) is 5.32 Å². The molecule has 0 amide bonds. The third-order valence-corrected chi connectivity index (χ3v) is 3.20. The van der Waals surface area contributed by atoms with Crippen molar-refractivity contribution in [1.29, 1.82) is 0 Å². The number of phenols is 1. The number of aromatic hydroxyl groups is 1. The zero-order valence-corrected chi connectivity index (χ0v) is 10.8. The van der Waals surface area contributed by atoms with E-state index in [4.69, 9.17) is 0 Å². The molecule has 0 spiro atoms. The van der Waals surface area contributed by atoms with Crippen LogP contribution in [-0.4, -0.2) is 10.1 Å². The summed E-state index contributed by atoms with van der Waals surface area (Å²) in [7, 11) is 0. The topological polar surface area (TPSA) is 65.1 Å². The molecule has 0 aliphatic rings. The lowest BCUT2D eigenvalue weighted by atomic mass is 10.1. The molecule has 0 aliphatic heterocycles. The lowest BCUT2D eigenvalue weighted by Crippen LogP contribution is -2.15. The number of nitrogens with one attached hydrogen (secondary N) is 2. The second-order valence-electron chi connectivity index (χ2n) is 4.58. The average Bonchev–Trinajstić information content (AvgIpc) is 2.46. The number of aromatic nitrogens is 1. The molecule has 2 aromatic carbocycles. The van der Waals surface area contributed by atoms with E-state index in [0.717, 1.165) is 10.9 Å². The van der Waals surface area contributed by atoms with Crippen LogP contribution in [0.4, 0.5) is 5.69 Å². The summed E-state index contributed by atoms with van der Waals surface area (Å²) in [5.41, 5.74) is 1.95. The van der Waals surface area contributed by atoms with E-state index in [1.807, 2.05) is 36.4 Å². The molecule has 0 saturated heterocycles. The van der Waals surface area contributed by atoms with Gasteiger partial charge < -0.3 is 15.4 Å². The zero-order valence-electron chi connectivity index (χ0n) is 10.8. The van der Waals surface area contributed by atoms with Gasteiger partial charge >= 0.3 is 0 Å². The molecule has 0 atom stereocenters. The van der Waals surface area contributed by atoms with Crippen molar-refractivity contribution < 1.29 is 5.11 Å². The van der Waals surface area contributed by atoms with Gasteiger partial charge in [-0.1, -0.05) is 30.3 Å². The standard InChI is InChI=1S/C16H14N2O2/c19-15-8-4-3-7-14(15)17-10-12-9-11-5-1-2-6-13(11)18-16(12)20/h1-9,17,19H,10H2,(H,18,20). The minimum atomic E-state index is -0.119. The van der Waals surface area contributed by atoms with Crippen LogP contribution in [0.3, 0.4) is 0 Å². The van der Waals surface area contributed by atoms with Gasteiger partial charge in [0.25, 0.3) is 5.56 Å². The summed E-state index contributed by atoms with van der Waals surface area (Å²) in [6, 6.07) is 16.5.